The molecule has 0 heterocycles. The predicted molar refractivity (Wildman–Crippen MR) is 435 cm³/mol. The summed E-state index contributed by atoms with van der Waals surface area (Å²) in [7, 11) is 1.20. The molecule has 0 aromatic rings. The molecular formula is C90H178NO8P. The second kappa shape index (κ2) is 81.8. The van der Waals surface area contributed by atoms with E-state index in [1.165, 1.54) is 437 Å². The van der Waals surface area contributed by atoms with Gasteiger partial charge >= 0.3 is 11.9 Å². The van der Waals surface area contributed by atoms with Gasteiger partial charge in [0.05, 0.1) is 27.7 Å². The normalized spacial score (nSPS) is 12.9. The number of likely N-dealkylation sites (N-methyl/N-ethyl adjacent to an activating group) is 1. The van der Waals surface area contributed by atoms with E-state index in [1.807, 2.05) is 21.1 Å². The minimum atomic E-state index is -4.64. The lowest BCUT2D eigenvalue weighted by molar-refractivity contribution is -0.870. The number of carbonyl (C=O) groups excluding carboxylic acids is 2. The molecule has 0 saturated carbocycles. The van der Waals surface area contributed by atoms with Crippen LogP contribution in [0.1, 0.15) is 502 Å². The predicted octanol–water partition coefficient (Wildman–Crippen LogP) is 29.9. The number of esters is 2. The highest BCUT2D eigenvalue weighted by Gasteiger charge is 2.22. The van der Waals surface area contributed by atoms with E-state index >= 15 is 0 Å². The van der Waals surface area contributed by atoms with Crippen LogP contribution >= 0.6 is 7.82 Å². The zero-order chi connectivity index (χ0) is 72.5. The Morgan fingerprint density at radius 2 is 0.510 bits per heavy atom. The van der Waals surface area contributed by atoms with Crippen molar-refractivity contribution < 1.29 is 42.1 Å². The first kappa shape index (κ1) is 98.8. The molecule has 0 aromatic heterocycles. The number of hydrogen-bond donors (Lipinski definition) is 0. The molecule has 2 unspecified atom stereocenters. The van der Waals surface area contributed by atoms with Crippen LogP contribution in [0.4, 0.5) is 0 Å². The molecule has 0 saturated heterocycles. The molecule has 100 heavy (non-hydrogen) atoms. The van der Waals surface area contributed by atoms with Gasteiger partial charge in [-0.3, -0.25) is 14.2 Å². The molecular weight excluding hydrogens is 1250 g/mol. The summed E-state index contributed by atoms with van der Waals surface area (Å²) in [5, 5.41) is 0. The summed E-state index contributed by atoms with van der Waals surface area (Å²) >= 11 is 0. The van der Waals surface area contributed by atoms with Gasteiger partial charge in [-0.05, 0) is 38.5 Å². The Labute approximate surface area is 626 Å². The maximum Gasteiger partial charge on any atom is 0.306 e. The van der Waals surface area contributed by atoms with Crippen LogP contribution in [-0.2, 0) is 32.7 Å². The first-order valence-electron chi connectivity index (χ1n) is 45.4. The fraction of sp³-hybridized carbons (Fsp3) is 0.956. The maximum atomic E-state index is 12.9. The Morgan fingerprint density at radius 1 is 0.300 bits per heavy atom. The van der Waals surface area contributed by atoms with Crippen LogP contribution in [0.2, 0.25) is 0 Å². The van der Waals surface area contributed by atoms with Crippen LogP contribution in [-0.4, -0.2) is 70.0 Å². The molecule has 0 spiro atoms. The standard InChI is InChI=1S/C90H178NO8P/c1-6-8-10-12-14-16-18-20-22-24-26-28-30-32-34-36-38-40-42-44-45-47-48-50-52-54-56-58-60-62-64-66-68-70-72-74-76-78-80-82-89(92)96-86-88(87-98-100(94,95)97-85-84-91(3,4)5)99-90(93)83-81-79-77-75-73-71-69-67-65-63-61-59-57-55-53-51-49-46-43-41-39-37-35-33-31-29-27-25-23-21-19-17-15-13-11-9-7-2/h25,27,88H,6-24,26,28-87H2,1-5H3/b27-25-. The van der Waals surface area contributed by atoms with Gasteiger partial charge < -0.3 is 27.9 Å². The molecule has 0 N–H and O–H groups in total. The summed E-state index contributed by atoms with van der Waals surface area (Å²) in [5.74, 6) is -0.800. The minimum Gasteiger partial charge on any atom is -0.756 e. The Morgan fingerprint density at radius 3 is 0.740 bits per heavy atom. The number of phosphoric acid groups is 1. The number of nitrogens with zero attached hydrogens (tertiary/aromatic N) is 1. The lowest BCUT2D eigenvalue weighted by Crippen LogP contribution is -2.37. The van der Waals surface area contributed by atoms with E-state index in [2.05, 4.69) is 26.0 Å². The van der Waals surface area contributed by atoms with E-state index in [1.54, 1.807) is 0 Å². The number of allylic oxidation sites excluding steroid dienone is 2. The zero-order valence-corrected chi connectivity index (χ0v) is 69.4. The largest absolute Gasteiger partial charge is 0.756 e. The van der Waals surface area contributed by atoms with Gasteiger partial charge in [-0.2, -0.15) is 0 Å². The average molecular weight is 1430 g/mol. The van der Waals surface area contributed by atoms with Crippen LogP contribution in [0.5, 0.6) is 0 Å². The van der Waals surface area contributed by atoms with Gasteiger partial charge in [0.2, 0.25) is 0 Å². The number of unbranched alkanes of at least 4 members (excludes halogenated alkanes) is 71. The molecule has 9 nitrogen and oxygen atoms in total. The smallest absolute Gasteiger partial charge is 0.306 e. The van der Waals surface area contributed by atoms with Crippen molar-refractivity contribution in [1.29, 1.82) is 0 Å². The zero-order valence-electron chi connectivity index (χ0n) is 68.5. The van der Waals surface area contributed by atoms with E-state index in [9.17, 15) is 19.0 Å². The van der Waals surface area contributed by atoms with E-state index < -0.39 is 26.5 Å². The molecule has 0 aliphatic heterocycles. The highest BCUT2D eigenvalue weighted by molar-refractivity contribution is 7.45. The lowest BCUT2D eigenvalue weighted by Gasteiger charge is -2.28. The van der Waals surface area contributed by atoms with Gasteiger partial charge in [0.15, 0.2) is 6.10 Å². The quantitative estimate of drug-likeness (QED) is 0.0195. The Bertz CT molecular complexity index is 1690. The molecule has 0 bridgehead atoms. The monoisotopic (exact) mass is 1430 g/mol. The molecule has 0 amide bonds. The number of ether oxygens (including phenoxy) is 2. The summed E-state index contributed by atoms with van der Waals surface area (Å²) < 4.78 is 34.5. The van der Waals surface area contributed by atoms with Gasteiger partial charge in [-0.1, -0.05) is 463 Å². The molecule has 2 atom stereocenters. The van der Waals surface area contributed by atoms with Gasteiger partial charge in [0.25, 0.3) is 7.82 Å². The summed E-state index contributed by atoms with van der Waals surface area (Å²) in [6.07, 6.45) is 105. The number of carbonyl (C=O) groups is 2. The molecule has 0 aliphatic carbocycles. The van der Waals surface area contributed by atoms with E-state index in [4.69, 9.17) is 18.5 Å². The van der Waals surface area contributed by atoms with Crippen molar-refractivity contribution in [2.45, 2.75) is 508 Å². The van der Waals surface area contributed by atoms with Crippen molar-refractivity contribution in [2.75, 3.05) is 47.5 Å². The maximum absolute atomic E-state index is 12.9. The number of rotatable bonds is 87. The topological polar surface area (TPSA) is 111 Å². The summed E-state index contributed by atoms with van der Waals surface area (Å²) in [6.45, 7) is 4.35. The molecule has 10 heteroatoms. The van der Waals surface area contributed by atoms with Crippen molar-refractivity contribution in [3.8, 4) is 0 Å². The van der Waals surface area contributed by atoms with Crippen molar-refractivity contribution in [2.24, 2.45) is 0 Å². The molecule has 596 valence electrons. The fourth-order valence-corrected chi connectivity index (χ4v) is 15.1. The third kappa shape index (κ3) is 85.7. The highest BCUT2D eigenvalue weighted by atomic mass is 31.2. The number of quaternary nitrogens is 1. The van der Waals surface area contributed by atoms with Crippen LogP contribution in [0.15, 0.2) is 12.2 Å². The second-order valence-corrected chi connectivity index (χ2v) is 34.1. The number of hydrogen-bond acceptors (Lipinski definition) is 8. The Balaban J connectivity index is 3.82. The number of phosphoric ester groups is 1. The van der Waals surface area contributed by atoms with Crippen molar-refractivity contribution in [3.05, 3.63) is 12.2 Å². The van der Waals surface area contributed by atoms with Gasteiger partial charge in [-0.15, -0.1) is 0 Å². The first-order chi connectivity index (χ1) is 49.0. The first-order valence-corrected chi connectivity index (χ1v) is 46.9. The van der Waals surface area contributed by atoms with Crippen LogP contribution in [0.3, 0.4) is 0 Å². The molecule has 0 aromatic carbocycles. The molecule has 0 rings (SSSR count). The van der Waals surface area contributed by atoms with Gasteiger partial charge in [0, 0.05) is 12.8 Å². The minimum absolute atomic E-state index is 0.0253. The second-order valence-electron chi connectivity index (χ2n) is 32.7. The van der Waals surface area contributed by atoms with Gasteiger partial charge in [0.1, 0.15) is 19.8 Å². The molecule has 0 aliphatic rings. The third-order valence-corrected chi connectivity index (χ3v) is 22.2. The van der Waals surface area contributed by atoms with E-state index in [-0.39, 0.29) is 32.0 Å². The SMILES string of the molecule is CCCCCCCCCC/C=C\CCCCCCCCCCCCCCCCCCCCCCCCCCCC(=O)OC(COC(=O)CCCCCCCCCCCCCCCCCCCCCCCCCCCCCCCCCCCCCCCCC)COP(=O)([O-])OCC[N+](C)(C)C. The average Bonchev–Trinajstić information content (AvgIpc) is 1.02. The van der Waals surface area contributed by atoms with E-state index in [0.717, 1.165) is 32.1 Å². The Hall–Kier alpha value is -1.25. The Kier molecular flexibility index (Phi) is 80.8. The lowest BCUT2D eigenvalue weighted by atomic mass is 10.0. The summed E-state index contributed by atoms with van der Waals surface area (Å²) in [6, 6.07) is 0. The highest BCUT2D eigenvalue weighted by Crippen LogP contribution is 2.38. The molecule has 0 radical (unpaired) electrons. The third-order valence-electron chi connectivity index (χ3n) is 21.3. The van der Waals surface area contributed by atoms with Crippen LogP contribution in [0, 0.1) is 0 Å². The van der Waals surface area contributed by atoms with Crippen molar-refractivity contribution in [3.63, 3.8) is 0 Å². The summed E-state index contributed by atoms with van der Waals surface area (Å²) in [4.78, 5) is 38.3. The molecule has 0 fully saturated rings. The van der Waals surface area contributed by atoms with Crippen LogP contribution in [0.25, 0.3) is 0 Å². The van der Waals surface area contributed by atoms with Crippen LogP contribution < -0.4 is 4.89 Å². The van der Waals surface area contributed by atoms with E-state index in [0.29, 0.717) is 17.4 Å². The van der Waals surface area contributed by atoms with Crippen molar-refractivity contribution >= 4 is 19.8 Å². The summed E-state index contributed by atoms with van der Waals surface area (Å²) in [5.41, 5.74) is 0. The van der Waals surface area contributed by atoms with Gasteiger partial charge in [-0.25, -0.2) is 0 Å². The fourth-order valence-electron chi connectivity index (χ4n) is 14.4. The van der Waals surface area contributed by atoms with Crippen molar-refractivity contribution in [1.82, 2.24) is 0 Å².